The highest BCUT2D eigenvalue weighted by molar-refractivity contribution is 9.10. The summed E-state index contributed by atoms with van der Waals surface area (Å²) in [5.74, 6) is 0. The molecule has 1 aromatic carbocycles. The minimum atomic E-state index is -1.19. The van der Waals surface area contributed by atoms with Crippen LogP contribution in [-0.4, -0.2) is 16.9 Å². The van der Waals surface area contributed by atoms with Crippen LogP contribution in [0.3, 0.4) is 0 Å². The van der Waals surface area contributed by atoms with Gasteiger partial charge in [0, 0.05) is 15.1 Å². The summed E-state index contributed by atoms with van der Waals surface area (Å²) in [5.41, 5.74) is 3.28. The second kappa shape index (κ2) is 5.14. The van der Waals surface area contributed by atoms with Gasteiger partial charge in [0.1, 0.15) is 0 Å². The molecule has 0 aliphatic rings. The highest BCUT2D eigenvalue weighted by atomic mass is 79.9. The van der Waals surface area contributed by atoms with Crippen molar-refractivity contribution in [1.82, 2.24) is 5.43 Å². The van der Waals surface area contributed by atoms with Gasteiger partial charge in [-0.3, -0.25) is 0 Å². The normalized spacial score (nSPS) is 11.3. The quantitative estimate of drug-likeness (QED) is 0.649. The van der Waals surface area contributed by atoms with Crippen LogP contribution in [0.4, 0.5) is 4.79 Å². The van der Waals surface area contributed by atoms with Gasteiger partial charge < -0.3 is 5.11 Å². The maximum Gasteiger partial charge on any atom is 0.425 e. The molecule has 0 radical (unpaired) electrons. The van der Waals surface area contributed by atoms with Crippen molar-refractivity contribution in [3.63, 3.8) is 0 Å². The zero-order chi connectivity index (χ0) is 11.4. The third-order valence-electron chi connectivity index (χ3n) is 1.64. The molecule has 0 unspecified atom stereocenters. The number of hydrazone groups is 1. The van der Waals surface area contributed by atoms with Gasteiger partial charge in [-0.25, -0.2) is 10.2 Å². The number of rotatable bonds is 2. The van der Waals surface area contributed by atoms with E-state index in [-0.39, 0.29) is 0 Å². The van der Waals surface area contributed by atoms with Crippen LogP contribution in [0.1, 0.15) is 12.5 Å². The van der Waals surface area contributed by atoms with E-state index >= 15 is 0 Å². The fourth-order valence-electron chi connectivity index (χ4n) is 0.975. The first-order chi connectivity index (χ1) is 7.00. The fraction of sp³-hybridized carbons (Fsp3) is 0.111. The Hall–Kier alpha value is -1.07. The lowest BCUT2D eigenvalue weighted by molar-refractivity contribution is 0.195. The van der Waals surface area contributed by atoms with Crippen LogP contribution in [0.2, 0.25) is 5.02 Å². The van der Waals surface area contributed by atoms with Crippen molar-refractivity contribution in [2.24, 2.45) is 5.10 Å². The molecule has 80 valence electrons. The average Bonchev–Trinajstić information content (AvgIpc) is 2.14. The fourth-order valence-corrected chi connectivity index (χ4v) is 1.94. The maximum absolute atomic E-state index is 10.2. The van der Waals surface area contributed by atoms with Crippen molar-refractivity contribution in [2.45, 2.75) is 6.92 Å². The van der Waals surface area contributed by atoms with Crippen LogP contribution >= 0.6 is 27.5 Å². The summed E-state index contributed by atoms with van der Waals surface area (Å²) < 4.78 is 0.767. The van der Waals surface area contributed by atoms with E-state index in [1.807, 2.05) is 5.43 Å². The smallest absolute Gasteiger partial charge is 0.425 e. The van der Waals surface area contributed by atoms with Gasteiger partial charge in [0.2, 0.25) is 0 Å². The van der Waals surface area contributed by atoms with Crippen molar-refractivity contribution < 1.29 is 9.90 Å². The molecule has 0 saturated heterocycles. The van der Waals surface area contributed by atoms with Gasteiger partial charge in [-0.15, -0.1) is 0 Å². The summed E-state index contributed by atoms with van der Waals surface area (Å²) in [6.07, 6.45) is -1.19. The molecule has 0 saturated carbocycles. The average molecular weight is 292 g/mol. The number of halogens is 2. The van der Waals surface area contributed by atoms with E-state index in [4.69, 9.17) is 16.7 Å². The molecule has 1 amide bonds. The molecule has 0 atom stereocenters. The Morgan fingerprint density at radius 3 is 2.80 bits per heavy atom. The predicted octanol–water partition coefficient (Wildman–Crippen LogP) is 3.09. The lowest BCUT2D eigenvalue weighted by Gasteiger charge is -2.03. The molecule has 0 spiro atoms. The molecule has 4 nitrogen and oxygen atoms in total. The SMILES string of the molecule is CC(=NNC(=O)O)c1ccc(Cl)cc1Br. The Morgan fingerprint density at radius 1 is 1.60 bits per heavy atom. The third-order valence-corrected chi connectivity index (χ3v) is 2.53. The molecule has 0 bridgehead atoms. The number of hydrogen-bond donors (Lipinski definition) is 2. The Bertz CT molecular complexity index is 421. The maximum atomic E-state index is 10.2. The molecule has 15 heavy (non-hydrogen) atoms. The van der Waals surface area contributed by atoms with Crippen LogP contribution in [0.15, 0.2) is 27.8 Å². The van der Waals surface area contributed by atoms with Crippen molar-refractivity contribution in [1.29, 1.82) is 0 Å². The summed E-state index contributed by atoms with van der Waals surface area (Å²) in [7, 11) is 0. The number of hydrogen-bond acceptors (Lipinski definition) is 2. The predicted molar refractivity (Wildman–Crippen MR) is 62.5 cm³/mol. The number of benzene rings is 1. The van der Waals surface area contributed by atoms with E-state index in [0.717, 1.165) is 10.0 Å². The molecule has 0 aliphatic heterocycles. The van der Waals surface area contributed by atoms with E-state index in [0.29, 0.717) is 10.7 Å². The van der Waals surface area contributed by atoms with E-state index in [2.05, 4.69) is 21.0 Å². The summed E-state index contributed by atoms with van der Waals surface area (Å²) in [4.78, 5) is 10.2. The largest absolute Gasteiger partial charge is 0.464 e. The summed E-state index contributed by atoms with van der Waals surface area (Å²) in [6, 6.07) is 5.19. The van der Waals surface area contributed by atoms with Gasteiger partial charge in [0.05, 0.1) is 5.71 Å². The van der Waals surface area contributed by atoms with E-state index < -0.39 is 6.09 Å². The standard InChI is InChI=1S/C9H8BrClN2O2/c1-5(12-13-9(14)15)7-3-2-6(11)4-8(7)10/h2-4,13H,1H3,(H,14,15). The van der Waals surface area contributed by atoms with Crippen LogP contribution in [0, 0.1) is 0 Å². The highest BCUT2D eigenvalue weighted by Gasteiger charge is 2.04. The van der Waals surface area contributed by atoms with Gasteiger partial charge in [0.15, 0.2) is 0 Å². The Morgan fingerprint density at radius 2 is 2.27 bits per heavy atom. The van der Waals surface area contributed by atoms with Crippen LogP contribution < -0.4 is 5.43 Å². The van der Waals surface area contributed by atoms with Gasteiger partial charge >= 0.3 is 6.09 Å². The summed E-state index contributed by atoms with van der Waals surface area (Å²) >= 11 is 9.08. The van der Waals surface area contributed by atoms with Crippen molar-refractivity contribution in [3.8, 4) is 0 Å². The molecule has 1 aromatic rings. The molecule has 0 aliphatic carbocycles. The second-order valence-electron chi connectivity index (χ2n) is 2.74. The van der Waals surface area contributed by atoms with Gasteiger partial charge in [0.25, 0.3) is 0 Å². The second-order valence-corrected chi connectivity index (χ2v) is 4.03. The third kappa shape index (κ3) is 3.53. The lowest BCUT2D eigenvalue weighted by atomic mass is 10.1. The minimum absolute atomic E-state index is 0.556. The Balaban J connectivity index is 2.95. The van der Waals surface area contributed by atoms with Crippen LogP contribution in [-0.2, 0) is 0 Å². The molecule has 0 heterocycles. The first kappa shape index (κ1) is 12.0. The van der Waals surface area contributed by atoms with Crippen LogP contribution in [0.25, 0.3) is 0 Å². The lowest BCUT2D eigenvalue weighted by Crippen LogP contribution is -2.16. The number of nitrogens with one attached hydrogen (secondary N) is 1. The zero-order valence-corrected chi connectivity index (χ0v) is 10.1. The van der Waals surface area contributed by atoms with Gasteiger partial charge in [-0.2, -0.15) is 5.10 Å². The Kier molecular flexibility index (Phi) is 4.11. The van der Waals surface area contributed by atoms with Crippen molar-refractivity contribution in [2.75, 3.05) is 0 Å². The molecular weight excluding hydrogens is 283 g/mol. The van der Waals surface area contributed by atoms with E-state index in [9.17, 15) is 4.79 Å². The van der Waals surface area contributed by atoms with E-state index in [1.54, 1.807) is 25.1 Å². The molecule has 2 N–H and O–H groups in total. The summed E-state index contributed by atoms with van der Waals surface area (Å²) in [5, 5.41) is 12.7. The van der Waals surface area contributed by atoms with Crippen LogP contribution in [0.5, 0.6) is 0 Å². The Labute approximate surface area is 100 Å². The summed E-state index contributed by atoms with van der Waals surface area (Å²) in [6.45, 7) is 1.70. The molecule has 1 rings (SSSR count). The monoisotopic (exact) mass is 290 g/mol. The number of carboxylic acid groups (broad SMARTS) is 1. The minimum Gasteiger partial charge on any atom is -0.464 e. The topological polar surface area (TPSA) is 61.7 Å². The number of carbonyl (C=O) groups is 1. The molecular formula is C9H8BrClN2O2. The van der Waals surface area contributed by atoms with Gasteiger partial charge in [-0.05, 0) is 19.1 Å². The van der Waals surface area contributed by atoms with Gasteiger partial charge in [-0.1, -0.05) is 33.6 Å². The zero-order valence-electron chi connectivity index (χ0n) is 7.79. The molecule has 0 aromatic heterocycles. The van der Waals surface area contributed by atoms with Crippen molar-refractivity contribution >= 4 is 39.3 Å². The molecule has 0 fully saturated rings. The number of nitrogens with zero attached hydrogens (tertiary/aromatic N) is 1. The first-order valence-electron chi connectivity index (χ1n) is 3.99. The molecule has 6 heteroatoms. The highest BCUT2D eigenvalue weighted by Crippen LogP contribution is 2.21. The van der Waals surface area contributed by atoms with E-state index in [1.165, 1.54) is 0 Å². The first-order valence-corrected chi connectivity index (χ1v) is 5.16. The van der Waals surface area contributed by atoms with Crippen molar-refractivity contribution in [3.05, 3.63) is 33.3 Å². The number of amides is 1.